The third-order valence-electron chi connectivity index (χ3n) is 1.72. The van der Waals surface area contributed by atoms with E-state index in [-0.39, 0.29) is 0 Å². The normalized spacial score (nSPS) is 9.12. The number of hydrogen-bond acceptors (Lipinski definition) is 5. The van der Waals surface area contributed by atoms with Crippen LogP contribution in [-0.4, -0.2) is 21.1 Å². The van der Waals surface area contributed by atoms with Crippen molar-refractivity contribution < 1.29 is 10.0 Å². The molecule has 0 radical (unpaired) electrons. The Hall–Kier alpha value is -1.79. The van der Waals surface area contributed by atoms with Crippen molar-refractivity contribution >= 4 is 17.2 Å². The van der Waals surface area contributed by atoms with Crippen LogP contribution in [0.5, 0.6) is 0 Å². The standard InChI is InChI=1S/C9H7N3O2S.C2H6/c13-9(12-14)7-3-2-6(15-7)8-10-4-1-5-11-8;1-2/h1-5,14H,(H,12,13);1-2H3. The summed E-state index contributed by atoms with van der Waals surface area (Å²) >= 11 is 1.22. The summed E-state index contributed by atoms with van der Waals surface area (Å²) in [5, 5.41) is 8.44. The average Bonchev–Trinajstić information content (AvgIpc) is 2.91. The number of amides is 1. The van der Waals surface area contributed by atoms with E-state index in [1.165, 1.54) is 11.3 Å². The van der Waals surface area contributed by atoms with Crippen LogP contribution in [0.25, 0.3) is 10.7 Å². The quantitative estimate of drug-likeness (QED) is 0.634. The van der Waals surface area contributed by atoms with E-state index in [1.54, 1.807) is 36.1 Å². The SMILES string of the molecule is CC.O=C(NO)c1ccc(-c2ncccn2)s1. The summed E-state index contributed by atoms with van der Waals surface area (Å²) in [5.41, 5.74) is 1.58. The van der Waals surface area contributed by atoms with Crippen LogP contribution in [0, 0.1) is 0 Å². The van der Waals surface area contributed by atoms with Gasteiger partial charge in [0.05, 0.1) is 9.75 Å². The van der Waals surface area contributed by atoms with Crippen molar-refractivity contribution in [3.63, 3.8) is 0 Å². The first-order chi connectivity index (χ1) is 8.31. The summed E-state index contributed by atoms with van der Waals surface area (Å²) in [7, 11) is 0. The first-order valence-corrected chi connectivity index (χ1v) is 5.94. The maximum absolute atomic E-state index is 11.1. The summed E-state index contributed by atoms with van der Waals surface area (Å²) in [6.45, 7) is 4.00. The molecule has 6 heteroatoms. The molecule has 2 heterocycles. The number of nitrogens with one attached hydrogen (secondary N) is 1. The molecule has 0 atom stereocenters. The lowest BCUT2D eigenvalue weighted by atomic mass is 10.4. The topological polar surface area (TPSA) is 75.1 Å². The Morgan fingerprint density at radius 2 is 1.94 bits per heavy atom. The molecule has 0 unspecified atom stereocenters. The summed E-state index contributed by atoms with van der Waals surface area (Å²) in [6.07, 6.45) is 3.27. The fourth-order valence-corrected chi connectivity index (χ4v) is 1.91. The molecule has 1 amide bonds. The number of nitrogens with zero attached hydrogens (tertiary/aromatic N) is 2. The van der Waals surface area contributed by atoms with Gasteiger partial charge in [0.2, 0.25) is 0 Å². The predicted octanol–water partition coefficient (Wildman–Crippen LogP) is 2.35. The molecule has 0 spiro atoms. The molecule has 0 saturated carbocycles. The van der Waals surface area contributed by atoms with Gasteiger partial charge in [0.15, 0.2) is 5.82 Å². The van der Waals surface area contributed by atoms with Crippen molar-refractivity contribution in [1.29, 1.82) is 0 Å². The lowest BCUT2D eigenvalue weighted by molar-refractivity contribution is 0.0711. The Labute approximate surface area is 103 Å². The van der Waals surface area contributed by atoms with Gasteiger partial charge in [-0.05, 0) is 18.2 Å². The molecule has 0 aliphatic rings. The van der Waals surface area contributed by atoms with Crippen molar-refractivity contribution in [2.45, 2.75) is 13.8 Å². The lowest BCUT2D eigenvalue weighted by Gasteiger charge is -1.93. The Kier molecular flexibility index (Phi) is 5.25. The summed E-state index contributed by atoms with van der Waals surface area (Å²) in [4.78, 5) is 20.4. The Balaban J connectivity index is 0.000000686. The average molecular weight is 251 g/mol. The third kappa shape index (κ3) is 3.33. The molecule has 0 aliphatic carbocycles. The number of carbonyl (C=O) groups is 1. The zero-order valence-electron chi connectivity index (χ0n) is 9.54. The minimum Gasteiger partial charge on any atom is -0.288 e. The van der Waals surface area contributed by atoms with E-state index in [0.29, 0.717) is 10.7 Å². The van der Waals surface area contributed by atoms with Crippen LogP contribution in [0.3, 0.4) is 0 Å². The fraction of sp³-hybridized carbons (Fsp3) is 0.182. The minimum absolute atomic E-state index is 0.417. The van der Waals surface area contributed by atoms with Gasteiger partial charge in [-0.25, -0.2) is 15.4 Å². The van der Waals surface area contributed by atoms with E-state index >= 15 is 0 Å². The monoisotopic (exact) mass is 251 g/mol. The van der Waals surface area contributed by atoms with Crippen molar-refractivity contribution in [3.05, 3.63) is 35.5 Å². The summed E-state index contributed by atoms with van der Waals surface area (Å²) < 4.78 is 0. The highest BCUT2D eigenvalue weighted by molar-refractivity contribution is 7.17. The van der Waals surface area contributed by atoms with Crippen LogP contribution in [0.15, 0.2) is 30.6 Å². The molecule has 0 aromatic carbocycles. The number of aromatic nitrogens is 2. The lowest BCUT2D eigenvalue weighted by Crippen LogP contribution is -2.16. The van der Waals surface area contributed by atoms with Crippen LogP contribution in [0.4, 0.5) is 0 Å². The van der Waals surface area contributed by atoms with Gasteiger partial charge in [-0.3, -0.25) is 10.0 Å². The Morgan fingerprint density at radius 3 is 2.53 bits per heavy atom. The zero-order chi connectivity index (χ0) is 12.7. The first-order valence-electron chi connectivity index (χ1n) is 5.13. The molecule has 0 fully saturated rings. The first kappa shape index (κ1) is 13.3. The highest BCUT2D eigenvalue weighted by atomic mass is 32.1. The zero-order valence-corrected chi connectivity index (χ0v) is 10.4. The second-order valence-electron chi connectivity index (χ2n) is 2.68. The van der Waals surface area contributed by atoms with Gasteiger partial charge in [0.1, 0.15) is 0 Å². The van der Waals surface area contributed by atoms with E-state index in [4.69, 9.17) is 5.21 Å². The van der Waals surface area contributed by atoms with Gasteiger partial charge in [-0.15, -0.1) is 11.3 Å². The Bertz CT molecular complexity index is 471. The van der Waals surface area contributed by atoms with E-state index < -0.39 is 5.91 Å². The van der Waals surface area contributed by atoms with Crippen LogP contribution in [0.1, 0.15) is 23.5 Å². The van der Waals surface area contributed by atoms with E-state index in [1.807, 2.05) is 13.8 Å². The molecule has 2 N–H and O–H groups in total. The summed E-state index contributed by atoms with van der Waals surface area (Å²) in [6, 6.07) is 5.07. The number of thiophene rings is 1. The van der Waals surface area contributed by atoms with Gasteiger partial charge < -0.3 is 0 Å². The van der Waals surface area contributed by atoms with Gasteiger partial charge >= 0.3 is 0 Å². The molecule has 17 heavy (non-hydrogen) atoms. The van der Waals surface area contributed by atoms with Gasteiger partial charge in [-0.1, -0.05) is 13.8 Å². The van der Waals surface area contributed by atoms with Crippen molar-refractivity contribution in [1.82, 2.24) is 15.4 Å². The molecule has 2 aromatic rings. The molecule has 0 saturated heterocycles. The molecule has 2 rings (SSSR count). The molecular formula is C11H13N3O2S. The largest absolute Gasteiger partial charge is 0.288 e. The van der Waals surface area contributed by atoms with Gasteiger partial charge in [0.25, 0.3) is 5.91 Å². The van der Waals surface area contributed by atoms with Crippen LogP contribution in [-0.2, 0) is 0 Å². The number of hydroxylamine groups is 1. The van der Waals surface area contributed by atoms with Crippen molar-refractivity contribution in [2.24, 2.45) is 0 Å². The highest BCUT2D eigenvalue weighted by Gasteiger charge is 2.10. The van der Waals surface area contributed by atoms with Gasteiger partial charge in [0, 0.05) is 12.4 Å². The molecule has 0 aliphatic heterocycles. The number of carbonyl (C=O) groups excluding carboxylic acids is 1. The maximum Gasteiger partial charge on any atom is 0.284 e. The predicted molar refractivity (Wildman–Crippen MR) is 65.9 cm³/mol. The number of hydrogen-bond donors (Lipinski definition) is 2. The van der Waals surface area contributed by atoms with E-state index in [2.05, 4.69) is 9.97 Å². The fourth-order valence-electron chi connectivity index (χ4n) is 1.06. The van der Waals surface area contributed by atoms with E-state index in [0.717, 1.165) is 4.88 Å². The van der Waals surface area contributed by atoms with Crippen LogP contribution in [0.2, 0.25) is 0 Å². The minimum atomic E-state index is -0.526. The van der Waals surface area contributed by atoms with Gasteiger partial charge in [-0.2, -0.15) is 0 Å². The molecular weight excluding hydrogens is 238 g/mol. The Morgan fingerprint density at radius 1 is 1.29 bits per heavy atom. The van der Waals surface area contributed by atoms with E-state index in [9.17, 15) is 4.79 Å². The molecule has 5 nitrogen and oxygen atoms in total. The highest BCUT2D eigenvalue weighted by Crippen LogP contribution is 2.24. The second kappa shape index (κ2) is 6.72. The third-order valence-corrected chi connectivity index (χ3v) is 2.80. The van der Waals surface area contributed by atoms with Crippen molar-refractivity contribution in [3.8, 4) is 10.7 Å². The second-order valence-corrected chi connectivity index (χ2v) is 3.76. The molecule has 0 bridgehead atoms. The number of rotatable bonds is 2. The molecule has 2 aromatic heterocycles. The smallest absolute Gasteiger partial charge is 0.284 e. The summed E-state index contributed by atoms with van der Waals surface area (Å²) in [5.74, 6) is 0.0432. The van der Waals surface area contributed by atoms with Crippen LogP contribution >= 0.6 is 11.3 Å². The molecule has 90 valence electrons. The van der Waals surface area contributed by atoms with Crippen molar-refractivity contribution in [2.75, 3.05) is 0 Å². The van der Waals surface area contributed by atoms with Crippen LogP contribution < -0.4 is 5.48 Å². The maximum atomic E-state index is 11.1.